The fraction of sp³-hybridized carbons (Fsp3) is 0.286. The minimum absolute atomic E-state index is 0.213. The third-order valence-corrected chi connectivity index (χ3v) is 2.46. The summed E-state index contributed by atoms with van der Waals surface area (Å²) in [4.78, 5) is 22.8. The minimum atomic E-state index is -1.12. The number of carbonyl (C=O) groups excluding carboxylic acids is 1. The van der Waals surface area contributed by atoms with Crippen molar-refractivity contribution < 1.29 is 14.7 Å². The Balaban J connectivity index is 2.68. The van der Waals surface area contributed by atoms with Gasteiger partial charge >= 0.3 is 12.0 Å². The van der Waals surface area contributed by atoms with E-state index in [1.807, 2.05) is 0 Å². The quantitative estimate of drug-likeness (QED) is 0.702. The number of terminal acetylenes is 1. The lowest BCUT2D eigenvalue weighted by atomic mass is 10.1. The monoisotopic (exact) mass is 260 g/mol. The van der Waals surface area contributed by atoms with E-state index >= 15 is 0 Å². The molecule has 0 fully saturated rings. The van der Waals surface area contributed by atoms with Gasteiger partial charge in [-0.3, -0.25) is 0 Å². The Kier molecular flexibility index (Phi) is 5.42. The average molecular weight is 260 g/mol. The molecule has 0 saturated carbocycles. The fourth-order valence-corrected chi connectivity index (χ4v) is 1.56. The van der Waals surface area contributed by atoms with E-state index in [-0.39, 0.29) is 6.04 Å². The van der Waals surface area contributed by atoms with Crippen molar-refractivity contribution in [2.75, 3.05) is 0 Å². The van der Waals surface area contributed by atoms with Crippen LogP contribution in [0.5, 0.6) is 0 Å². The van der Waals surface area contributed by atoms with E-state index in [1.165, 1.54) is 0 Å². The first-order chi connectivity index (χ1) is 9.04. The number of carboxylic acids is 1. The summed E-state index contributed by atoms with van der Waals surface area (Å²) in [5.41, 5.74) is 0.509. The van der Waals surface area contributed by atoms with E-state index in [1.54, 1.807) is 37.3 Å². The van der Waals surface area contributed by atoms with E-state index in [0.29, 0.717) is 12.0 Å². The highest BCUT2D eigenvalue weighted by atomic mass is 16.4. The summed E-state index contributed by atoms with van der Waals surface area (Å²) in [5.74, 6) is 1.30. The molecule has 0 aliphatic rings. The Hall–Kier alpha value is -2.48. The first-order valence-electron chi connectivity index (χ1n) is 5.83. The van der Waals surface area contributed by atoms with Crippen molar-refractivity contribution >= 4 is 12.0 Å². The minimum Gasteiger partial charge on any atom is -0.479 e. The average Bonchev–Trinajstić information content (AvgIpc) is 2.37. The van der Waals surface area contributed by atoms with Crippen molar-refractivity contribution in [2.45, 2.75) is 25.4 Å². The van der Waals surface area contributed by atoms with Crippen molar-refractivity contribution in [3.05, 3.63) is 35.9 Å². The third-order valence-electron chi connectivity index (χ3n) is 2.46. The number of aliphatic carboxylic acids is 1. The summed E-state index contributed by atoms with van der Waals surface area (Å²) >= 11 is 0. The number of hydrogen-bond acceptors (Lipinski definition) is 2. The number of rotatable bonds is 5. The van der Waals surface area contributed by atoms with Gasteiger partial charge in [0.25, 0.3) is 0 Å². The van der Waals surface area contributed by atoms with Crippen LogP contribution < -0.4 is 10.6 Å². The van der Waals surface area contributed by atoms with Crippen LogP contribution in [-0.2, 0) is 4.79 Å². The molecule has 0 spiro atoms. The van der Waals surface area contributed by atoms with Gasteiger partial charge in [0.05, 0.1) is 0 Å². The molecule has 3 N–H and O–H groups in total. The molecule has 100 valence electrons. The predicted octanol–water partition coefficient (Wildman–Crippen LogP) is 1.52. The smallest absolute Gasteiger partial charge is 0.330 e. The number of carboxylic acid groups (broad SMARTS) is 1. The highest BCUT2D eigenvalue weighted by Crippen LogP contribution is 2.12. The zero-order valence-corrected chi connectivity index (χ0v) is 10.6. The van der Waals surface area contributed by atoms with Crippen LogP contribution in [0, 0.1) is 12.3 Å². The van der Waals surface area contributed by atoms with Crippen LogP contribution >= 0.6 is 0 Å². The molecule has 5 nitrogen and oxygen atoms in total. The van der Waals surface area contributed by atoms with Crippen LogP contribution in [-0.4, -0.2) is 23.1 Å². The van der Waals surface area contributed by atoms with Gasteiger partial charge in [-0.05, 0) is 12.5 Å². The van der Waals surface area contributed by atoms with Crippen molar-refractivity contribution in [3.8, 4) is 12.3 Å². The van der Waals surface area contributed by atoms with Gasteiger partial charge in [0.15, 0.2) is 6.04 Å². The normalized spacial score (nSPS) is 12.8. The highest BCUT2D eigenvalue weighted by Gasteiger charge is 2.22. The Morgan fingerprint density at radius 3 is 2.47 bits per heavy atom. The second-order valence-electron chi connectivity index (χ2n) is 4.11. The molecular weight excluding hydrogens is 244 g/mol. The van der Waals surface area contributed by atoms with Gasteiger partial charge in [0.2, 0.25) is 0 Å². The van der Waals surface area contributed by atoms with Gasteiger partial charge in [-0.25, -0.2) is 9.59 Å². The highest BCUT2D eigenvalue weighted by molar-refractivity contribution is 5.83. The fourth-order valence-electron chi connectivity index (χ4n) is 1.56. The lowest BCUT2D eigenvalue weighted by Crippen LogP contribution is -2.44. The topological polar surface area (TPSA) is 78.4 Å². The molecule has 2 unspecified atom stereocenters. The van der Waals surface area contributed by atoms with E-state index in [2.05, 4.69) is 16.6 Å². The summed E-state index contributed by atoms with van der Waals surface area (Å²) in [6.45, 7) is 1.75. The summed E-state index contributed by atoms with van der Waals surface area (Å²) in [6.07, 6.45) is 5.52. The SMILES string of the molecule is C#CCC(C)NC(=O)NC(C(=O)O)c1ccccc1. The largest absolute Gasteiger partial charge is 0.479 e. The van der Waals surface area contributed by atoms with Crippen LogP contribution in [0.15, 0.2) is 30.3 Å². The second-order valence-corrected chi connectivity index (χ2v) is 4.11. The number of carbonyl (C=O) groups is 2. The van der Waals surface area contributed by atoms with Crippen LogP contribution in [0.4, 0.5) is 4.79 Å². The van der Waals surface area contributed by atoms with Crippen molar-refractivity contribution in [3.63, 3.8) is 0 Å². The number of hydrogen-bond donors (Lipinski definition) is 3. The van der Waals surface area contributed by atoms with Crippen LogP contribution in [0.3, 0.4) is 0 Å². The maximum atomic E-state index is 11.7. The predicted molar refractivity (Wildman–Crippen MR) is 71.4 cm³/mol. The number of nitrogens with one attached hydrogen (secondary N) is 2. The Morgan fingerprint density at radius 1 is 1.32 bits per heavy atom. The Morgan fingerprint density at radius 2 is 1.95 bits per heavy atom. The second kappa shape index (κ2) is 7.07. The van der Waals surface area contributed by atoms with Crippen LogP contribution in [0.1, 0.15) is 24.9 Å². The lowest BCUT2D eigenvalue weighted by Gasteiger charge is -2.17. The molecular formula is C14H16N2O3. The van der Waals surface area contributed by atoms with Crippen molar-refractivity contribution in [2.24, 2.45) is 0 Å². The zero-order chi connectivity index (χ0) is 14.3. The summed E-state index contributed by atoms with van der Waals surface area (Å²) in [7, 11) is 0. The van der Waals surface area contributed by atoms with Gasteiger partial charge < -0.3 is 15.7 Å². The molecule has 1 aromatic carbocycles. The van der Waals surface area contributed by atoms with Gasteiger partial charge in [0.1, 0.15) is 0 Å². The molecule has 1 rings (SSSR count). The molecule has 0 aromatic heterocycles. The molecule has 5 heteroatoms. The maximum Gasteiger partial charge on any atom is 0.330 e. The molecule has 19 heavy (non-hydrogen) atoms. The molecule has 0 heterocycles. The summed E-state index contributed by atoms with van der Waals surface area (Å²) < 4.78 is 0. The lowest BCUT2D eigenvalue weighted by molar-refractivity contribution is -0.139. The van der Waals surface area contributed by atoms with Gasteiger partial charge in [-0.2, -0.15) is 0 Å². The first-order valence-corrected chi connectivity index (χ1v) is 5.83. The van der Waals surface area contributed by atoms with Gasteiger partial charge in [0, 0.05) is 12.5 Å². The van der Waals surface area contributed by atoms with Crippen molar-refractivity contribution in [1.82, 2.24) is 10.6 Å². The van der Waals surface area contributed by atoms with Crippen LogP contribution in [0.25, 0.3) is 0 Å². The molecule has 2 amide bonds. The summed E-state index contributed by atoms with van der Waals surface area (Å²) in [5, 5.41) is 14.1. The molecule has 0 bridgehead atoms. The molecule has 2 atom stereocenters. The number of amides is 2. The molecule has 0 aliphatic heterocycles. The molecule has 0 radical (unpaired) electrons. The summed E-state index contributed by atoms with van der Waals surface area (Å²) in [6, 6.07) is 6.64. The molecule has 0 saturated heterocycles. The van der Waals surface area contributed by atoms with E-state index in [4.69, 9.17) is 11.5 Å². The van der Waals surface area contributed by atoms with E-state index in [0.717, 1.165) is 0 Å². The number of urea groups is 1. The molecule has 0 aliphatic carbocycles. The standard InChI is InChI=1S/C14H16N2O3/c1-3-7-10(2)15-14(19)16-12(13(17)18)11-8-5-4-6-9-11/h1,4-6,8-10,12H,7H2,2H3,(H,17,18)(H2,15,16,19). The van der Waals surface area contributed by atoms with Gasteiger partial charge in [-0.1, -0.05) is 30.3 Å². The Labute approximate surface area is 112 Å². The van der Waals surface area contributed by atoms with Crippen LogP contribution in [0.2, 0.25) is 0 Å². The number of benzene rings is 1. The molecule has 1 aromatic rings. The first kappa shape index (κ1) is 14.6. The van der Waals surface area contributed by atoms with Gasteiger partial charge in [-0.15, -0.1) is 12.3 Å². The van der Waals surface area contributed by atoms with Crippen molar-refractivity contribution in [1.29, 1.82) is 0 Å². The third kappa shape index (κ3) is 4.72. The van der Waals surface area contributed by atoms with E-state index < -0.39 is 18.0 Å². The van der Waals surface area contributed by atoms with E-state index in [9.17, 15) is 9.59 Å². The Bertz CT molecular complexity index is 479. The maximum absolute atomic E-state index is 11.7. The zero-order valence-electron chi connectivity index (χ0n) is 10.6.